The Hall–Kier alpha value is -0.620. The van der Waals surface area contributed by atoms with Gasteiger partial charge in [-0.3, -0.25) is 0 Å². The van der Waals surface area contributed by atoms with Crippen molar-refractivity contribution in [1.29, 1.82) is 0 Å². The molecule has 1 aliphatic rings. The van der Waals surface area contributed by atoms with Gasteiger partial charge in [0, 0.05) is 19.1 Å². The fraction of sp³-hybridized carbons (Fsp3) is 0.538. The highest BCUT2D eigenvalue weighted by Crippen LogP contribution is 2.30. The van der Waals surface area contributed by atoms with Crippen LogP contribution in [0.2, 0.25) is 5.02 Å². The van der Waals surface area contributed by atoms with E-state index >= 15 is 0 Å². The molecular weight excluding hydrogens is 284 g/mol. The Morgan fingerprint density at radius 3 is 2.89 bits per heavy atom. The molecule has 1 saturated heterocycles. The topological polar surface area (TPSA) is 49.4 Å². The molecule has 0 aromatic heterocycles. The summed E-state index contributed by atoms with van der Waals surface area (Å²) < 4.78 is 27.0. The van der Waals surface area contributed by atoms with Crippen LogP contribution in [0.3, 0.4) is 0 Å². The molecule has 1 heterocycles. The summed E-state index contributed by atoms with van der Waals surface area (Å²) in [6.45, 7) is 3.10. The third-order valence-corrected chi connectivity index (χ3v) is 5.87. The fourth-order valence-corrected chi connectivity index (χ4v) is 4.75. The summed E-state index contributed by atoms with van der Waals surface area (Å²) in [5.74, 6) is 0. The lowest BCUT2D eigenvalue weighted by Crippen LogP contribution is -2.40. The van der Waals surface area contributed by atoms with Crippen LogP contribution >= 0.6 is 11.6 Å². The SMILES string of the molecule is CNC[C@@H]1CCCN1S(=O)(=O)c1cc(C)ccc1Cl. The Bertz CT molecular complexity index is 560. The molecule has 0 aliphatic carbocycles. The number of rotatable bonds is 4. The highest BCUT2D eigenvalue weighted by Gasteiger charge is 2.35. The monoisotopic (exact) mass is 302 g/mol. The highest BCUT2D eigenvalue weighted by molar-refractivity contribution is 7.89. The lowest BCUT2D eigenvalue weighted by Gasteiger charge is -2.24. The number of nitrogens with zero attached hydrogens (tertiary/aromatic N) is 1. The van der Waals surface area contributed by atoms with Crippen molar-refractivity contribution in [3.8, 4) is 0 Å². The van der Waals surface area contributed by atoms with E-state index in [2.05, 4.69) is 5.32 Å². The van der Waals surface area contributed by atoms with Gasteiger partial charge in [0.1, 0.15) is 4.90 Å². The molecule has 19 heavy (non-hydrogen) atoms. The summed E-state index contributed by atoms with van der Waals surface area (Å²) in [5, 5.41) is 3.34. The fourth-order valence-electron chi connectivity index (χ4n) is 2.50. The van der Waals surface area contributed by atoms with E-state index in [1.165, 1.54) is 0 Å². The van der Waals surface area contributed by atoms with Crippen molar-refractivity contribution in [3.63, 3.8) is 0 Å². The maximum atomic E-state index is 12.7. The van der Waals surface area contributed by atoms with Crippen molar-refractivity contribution < 1.29 is 8.42 Å². The van der Waals surface area contributed by atoms with Crippen molar-refractivity contribution >= 4 is 21.6 Å². The first-order chi connectivity index (χ1) is 8.96. The van der Waals surface area contributed by atoms with E-state index in [-0.39, 0.29) is 10.9 Å². The number of sulfonamides is 1. The molecule has 106 valence electrons. The molecule has 1 fully saturated rings. The Morgan fingerprint density at radius 1 is 1.47 bits per heavy atom. The maximum absolute atomic E-state index is 12.7. The lowest BCUT2D eigenvalue weighted by atomic mass is 10.2. The predicted octanol–water partition coefficient (Wildman–Crippen LogP) is 2.02. The van der Waals surface area contributed by atoms with Crippen molar-refractivity contribution in [2.45, 2.75) is 30.7 Å². The molecule has 1 aromatic rings. The molecule has 0 radical (unpaired) electrons. The molecule has 1 aromatic carbocycles. The summed E-state index contributed by atoms with van der Waals surface area (Å²) in [5.41, 5.74) is 0.896. The normalized spacial score (nSPS) is 20.9. The van der Waals surface area contributed by atoms with E-state index in [1.54, 1.807) is 16.4 Å². The van der Waals surface area contributed by atoms with Crippen LogP contribution in [0.4, 0.5) is 0 Å². The van der Waals surface area contributed by atoms with E-state index in [0.717, 1.165) is 18.4 Å². The van der Waals surface area contributed by atoms with Gasteiger partial charge in [-0.2, -0.15) is 4.31 Å². The summed E-state index contributed by atoms with van der Waals surface area (Å²) in [4.78, 5) is 0.220. The Balaban J connectivity index is 2.39. The van der Waals surface area contributed by atoms with Crippen LogP contribution < -0.4 is 5.32 Å². The number of aryl methyl sites for hydroxylation is 1. The van der Waals surface area contributed by atoms with Gasteiger partial charge in [-0.25, -0.2) is 8.42 Å². The third-order valence-electron chi connectivity index (χ3n) is 3.44. The third kappa shape index (κ3) is 2.94. The van der Waals surface area contributed by atoms with E-state index < -0.39 is 10.0 Å². The van der Waals surface area contributed by atoms with Gasteiger partial charge in [0.05, 0.1) is 5.02 Å². The van der Waals surface area contributed by atoms with Crippen molar-refractivity contribution in [2.24, 2.45) is 0 Å². The van der Waals surface area contributed by atoms with Gasteiger partial charge in [-0.15, -0.1) is 0 Å². The minimum atomic E-state index is -3.50. The zero-order chi connectivity index (χ0) is 14.0. The Labute approximate surface area is 119 Å². The minimum absolute atomic E-state index is 0.0200. The zero-order valence-electron chi connectivity index (χ0n) is 11.2. The number of benzene rings is 1. The average molecular weight is 303 g/mol. The second-order valence-electron chi connectivity index (χ2n) is 4.90. The number of halogens is 1. The summed E-state index contributed by atoms with van der Waals surface area (Å²) in [6.07, 6.45) is 1.79. The van der Waals surface area contributed by atoms with Crippen LogP contribution in [-0.4, -0.2) is 38.9 Å². The molecule has 0 spiro atoms. The quantitative estimate of drug-likeness (QED) is 0.926. The first kappa shape index (κ1) is 14.8. The molecule has 0 unspecified atom stereocenters. The summed E-state index contributed by atoms with van der Waals surface area (Å²) in [6, 6.07) is 5.13. The van der Waals surface area contributed by atoms with Crippen LogP contribution in [-0.2, 0) is 10.0 Å². The first-order valence-electron chi connectivity index (χ1n) is 6.39. The standard InChI is InChI=1S/C13H19ClN2O2S/c1-10-5-6-12(14)13(8-10)19(17,18)16-7-3-4-11(16)9-15-2/h5-6,8,11,15H,3-4,7,9H2,1-2H3/t11-/m0/s1. The van der Waals surface area contributed by atoms with Gasteiger partial charge in [-0.05, 0) is 44.5 Å². The molecular formula is C13H19ClN2O2S. The first-order valence-corrected chi connectivity index (χ1v) is 8.21. The van der Waals surface area contributed by atoms with Crippen molar-refractivity contribution in [1.82, 2.24) is 9.62 Å². The second kappa shape index (κ2) is 5.79. The van der Waals surface area contributed by atoms with Gasteiger partial charge in [-0.1, -0.05) is 17.7 Å². The summed E-state index contributed by atoms with van der Waals surface area (Å²) >= 11 is 6.06. The molecule has 1 aliphatic heterocycles. The number of hydrogen-bond acceptors (Lipinski definition) is 3. The van der Waals surface area contributed by atoms with Crippen LogP contribution in [0.5, 0.6) is 0 Å². The summed E-state index contributed by atoms with van der Waals surface area (Å²) in [7, 11) is -1.67. The Morgan fingerprint density at radius 2 is 2.21 bits per heavy atom. The van der Waals surface area contributed by atoms with Crippen molar-refractivity contribution in [3.05, 3.63) is 28.8 Å². The van der Waals surface area contributed by atoms with Gasteiger partial charge in [0.25, 0.3) is 0 Å². The van der Waals surface area contributed by atoms with Crippen LogP contribution in [0.1, 0.15) is 18.4 Å². The molecule has 6 heteroatoms. The molecule has 0 saturated carbocycles. The van der Waals surface area contributed by atoms with Crippen LogP contribution in [0.15, 0.2) is 23.1 Å². The van der Waals surface area contributed by atoms with Gasteiger partial charge in [0.2, 0.25) is 10.0 Å². The number of hydrogen-bond donors (Lipinski definition) is 1. The van der Waals surface area contributed by atoms with Crippen LogP contribution in [0, 0.1) is 6.92 Å². The molecule has 2 rings (SSSR count). The maximum Gasteiger partial charge on any atom is 0.244 e. The predicted molar refractivity (Wildman–Crippen MR) is 77.0 cm³/mol. The minimum Gasteiger partial charge on any atom is -0.318 e. The van der Waals surface area contributed by atoms with Crippen molar-refractivity contribution in [2.75, 3.05) is 20.1 Å². The average Bonchev–Trinajstić information content (AvgIpc) is 2.81. The smallest absolute Gasteiger partial charge is 0.244 e. The van der Waals surface area contributed by atoms with Crippen LogP contribution in [0.25, 0.3) is 0 Å². The largest absolute Gasteiger partial charge is 0.318 e. The van der Waals surface area contributed by atoms with E-state index in [4.69, 9.17) is 11.6 Å². The molecule has 0 amide bonds. The molecule has 4 nitrogen and oxygen atoms in total. The highest BCUT2D eigenvalue weighted by atomic mass is 35.5. The molecule has 1 N–H and O–H groups in total. The number of likely N-dealkylation sites (N-methyl/N-ethyl adjacent to an activating group) is 1. The van der Waals surface area contributed by atoms with Gasteiger partial charge < -0.3 is 5.32 Å². The van der Waals surface area contributed by atoms with E-state index in [1.807, 2.05) is 20.0 Å². The zero-order valence-corrected chi connectivity index (χ0v) is 12.8. The second-order valence-corrected chi connectivity index (χ2v) is 7.17. The molecule has 1 atom stereocenters. The lowest BCUT2D eigenvalue weighted by molar-refractivity contribution is 0.379. The van der Waals surface area contributed by atoms with E-state index in [9.17, 15) is 8.42 Å². The van der Waals surface area contributed by atoms with E-state index in [0.29, 0.717) is 18.1 Å². The van der Waals surface area contributed by atoms with Gasteiger partial charge >= 0.3 is 0 Å². The molecule has 0 bridgehead atoms. The van der Waals surface area contributed by atoms with Gasteiger partial charge in [0.15, 0.2) is 0 Å². The Kier molecular flexibility index (Phi) is 4.50. The number of nitrogens with one attached hydrogen (secondary N) is 1.